The molecule has 2 aromatic carbocycles. The van der Waals surface area contributed by atoms with Crippen LogP contribution in [0.1, 0.15) is 22.8 Å². The minimum absolute atomic E-state index is 0.220. The molecule has 104 valence electrons. The van der Waals surface area contributed by atoms with Crippen LogP contribution in [0.4, 0.5) is 5.69 Å². The first-order chi connectivity index (χ1) is 10.1. The Bertz CT molecular complexity index is 733. The molecule has 0 heterocycles. The van der Waals surface area contributed by atoms with Crippen LogP contribution in [0.3, 0.4) is 0 Å². The summed E-state index contributed by atoms with van der Waals surface area (Å²) in [5, 5.41) is 11.8. The average molecular weight is 280 g/mol. The van der Waals surface area contributed by atoms with Gasteiger partial charge in [0.15, 0.2) is 5.75 Å². The van der Waals surface area contributed by atoms with Gasteiger partial charge in [0.25, 0.3) is 0 Å². The van der Waals surface area contributed by atoms with Crippen molar-refractivity contribution in [1.82, 2.24) is 0 Å². The van der Waals surface area contributed by atoms with Crippen molar-refractivity contribution in [2.45, 2.75) is 6.92 Å². The van der Waals surface area contributed by atoms with Crippen molar-refractivity contribution in [3.63, 3.8) is 0 Å². The Hall–Kier alpha value is -3.13. The molecule has 0 fully saturated rings. The Morgan fingerprint density at radius 1 is 1.24 bits per heavy atom. The number of anilines is 1. The standard InChI is InChI=1S/C16H12N2O3/c1-11(20)18-14-4-2-3-5-16(14)21-15-7-6-12(10-19)8-13(15)9-17/h2-8,10H,1H3,(H,18,20). The summed E-state index contributed by atoms with van der Waals surface area (Å²) in [4.78, 5) is 21.9. The fraction of sp³-hybridized carbons (Fsp3) is 0.0625. The molecule has 5 heteroatoms. The highest BCUT2D eigenvalue weighted by Crippen LogP contribution is 2.31. The van der Waals surface area contributed by atoms with Gasteiger partial charge in [-0.25, -0.2) is 0 Å². The van der Waals surface area contributed by atoms with Gasteiger partial charge in [0.05, 0.1) is 11.3 Å². The highest BCUT2D eigenvalue weighted by molar-refractivity contribution is 5.90. The van der Waals surface area contributed by atoms with E-state index in [0.717, 1.165) is 0 Å². The van der Waals surface area contributed by atoms with E-state index in [1.54, 1.807) is 36.4 Å². The third kappa shape index (κ3) is 3.45. The zero-order valence-corrected chi connectivity index (χ0v) is 11.3. The summed E-state index contributed by atoms with van der Waals surface area (Å²) in [7, 11) is 0. The summed E-state index contributed by atoms with van der Waals surface area (Å²) in [5.41, 5.74) is 1.15. The fourth-order valence-corrected chi connectivity index (χ4v) is 1.76. The van der Waals surface area contributed by atoms with E-state index in [1.165, 1.54) is 13.0 Å². The van der Waals surface area contributed by atoms with Gasteiger partial charge < -0.3 is 10.1 Å². The number of ether oxygens (including phenoxy) is 1. The third-order valence-corrected chi connectivity index (χ3v) is 2.68. The first kappa shape index (κ1) is 14.3. The van der Waals surface area contributed by atoms with E-state index in [-0.39, 0.29) is 11.5 Å². The van der Waals surface area contributed by atoms with E-state index in [2.05, 4.69) is 5.32 Å². The molecule has 0 spiro atoms. The van der Waals surface area contributed by atoms with E-state index >= 15 is 0 Å². The Kier molecular flexibility index (Phi) is 4.32. The quantitative estimate of drug-likeness (QED) is 0.873. The maximum absolute atomic E-state index is 11.2. The Morgan fingerprint density at radius 3 is 2.67 bits per heavy atom. The first-order valence-electron chi connectivity index (χ1n) is 6.18. The van der Waals surface area contributed by atoms with Crippen molar-refractivity contribution >= 4 is 17.9 Å². The van der Waals surface area contributed by atoms with Gasteiger partial charge in [-0.05, 0) is 30.3 Å². The molecule has 0 bridgehead atoms. The van der Waals surface area contributed by atoms with Crippen molar-refractivity contribution in [3.8, 4) is 17.6 Å². The molecule has 2 rings (SSSR count). The molecule has 21 heavy (non-hydrogen) atoms. The molecule has 0 aromatic heterocycles. The number of para-hydroxylation sites is 2. The van der Waals surface area contributed by atoms with Crippen molar-refractivity contribution in [2.75, 3.05) is 5.32 Å². The second-order valence-corrected chi connectivity index (χ2v) is 4.26. The van der Waals surface area contributed by atoms with Crippen molar-refractivity contribution in [1.29, 1.82) is 5.26 Å². The number of rotatable bonds is 4. The average Bonchev–Trinajstić information content (AvgIpc) is 2.49. The number of nitrogens with zero attached hydrogens (tertiary/aromatic N) is 1. The van der Waals surface area contributed by atoms with Crippen LogP contribution in [0.5, 0.6) is 11.5 Å². The van der Waals surface area contributed by atoms with E-state index in [0.29, 0.717) is 29.0 Å². The smallest absolute Gasteiger partial charge is 0.221 e. The first-order valence-corrected chi connectivity index (χ1v) is 6.18. The molecule has 2 aromatic rings. The molecule has 0 atom stereocenters. The lowest BCUT2D eigenvalue weighted by molar-refractivity contribution is -0.114. The number of amides is 1. The van der Waals surface area contributed by atoms with E-state index in [9.17, 15) is 9.59 Å². The van der Waals surface area contributed by atoms with Crippen LogP contribution in [-0.4, -0.2) is 12.2 Å². The van der Waals surface area contributed by atoms with E-state index in [4.69, 9.17) is 10.00 Å². The van der Waals surface area contributed by atoms with Crippen LogP contribution in [0.25, 0.3) is 0 Å². The van der Waals surface area contributed by atoms with Crippen molar-refractivity contribution < 1.29 is 14.3 Å². The maximum Gasteiger partial charge on any atom is 0.221 e. The molecule has 0 saturated carbocycles. The number of aldehydes is 1. The zero-order valence-electron chi connectivity index (χ0n) is 11.3. The Labute approximate surface area is 121 Å². The van der Waals surface area contributed by atoms with Crippen LogP contribution in [0, 0.1) is 11.3 Å². The Morgan fingerprint density at radius 2 is 2.00 bits per heavy atom. The molecule has 5 nitrogen and oxygen atoms in total. The molecular weight excluding hydrogens is 268 g/mol. The number of benzene rings is 2. The molecule has 1 amide bonds. The van der Waals surface area contributed by atoms with Crippen LogP contribution in [0.15, 0.2) is 42.5 Å². The topological polar surface area (TPSA) is 79.2 Å². The van der Waals surface area contributed by atoms with Gasteiger partial charge in [0.1, 0.15) is 18.1 Å². The summed E-state index contributed by atoms with van der Waals surface area (Å²) in [6, 6.07) is 13.4. The van der Waals surface area contributed by atoms with Gasteiger partial charge in [-0.3, -0.25) is 9.59 Å². The molecule has 0 aliphatic heterocycles. The van der Waals surface area contributed by atoms with Crippen molar-refractivity contribution in [3.05, 3.63) is 53.6 Å². The van der Waals surface area contributed by atoms with Gasteiger partial charge in [0, 0.05) is 12.5 Å². The summed E-state index contributed by atoms with van der Waals surface area (Å²) in [5.74, 6) is 0.520. The lowest BCUT2D eigenvalue weighted by Crippen LogP contribution is -2.06. The second kappa shape index (κ2) is 6.35. The number of carbonyl (C=O) groups excluding carboxylic acids is 2. The van der Waals surface area contributed by atoms with Crippen LogP contribution < -0.4 is 10.1 Å². The summed E-state index contributed by atoms with van der Waals surface area (Å²) >= 11 is 0. The summed E-state index contributed by atoms with van der Waals surface area (Å²) in [6.07, 6.45) is 0.663. The molecular formula is C16H12N2O3. The van der Waals surface area contributed by atoms with Gasteiger partial charge in [0.2, 0.25) is 5.91 Å². The van der Waals surface area contributed by atoms with Crippen LogP contribution in [0.2, 0.25) is 0 Å². The lowest BCUT2D eigenvalue weighted by atomic mass is 10.1. The van der Waals surface area contributed by atoms with Gasteiger partial charge >= 0.3 is 0 Å². The molecule has 0 radical (unpaired) electrons. The van der Waals surface area contributed by atoms with Gasteiger partial charge in [-0.2, -0.15) is 5.26 Å². The second-order valence-electron chi connectivity index (χ2n) is 4.26. The van der Waals surface area contributed by atoms with Gasteiger partial charge in [-0.1, -0.05) is 12.1 Å². The van der Waals surface area contributed by atoms with E-state index in [1.807, 2.05) is 6.07 Å². The number of nitriles is 1. The number of hydrogen-bond acceptors (Lipinski definition) is 4. The molecule has 1 N–H and O–H groups in total. The zero-order chi connectivity index (χ0) is 15.2. The largest absolute Gasteiger partial charge is 0.454 e. The monoisotopic (exact) mass is 280 g/mol. The highest BCUT2D eigenvalue weighted by Gasteiger charge is 2.09. The normalized spacial score (nSPS) is 9.52. The highest BCUT2D eigenvalue weighted by atomic mass is 16.5. The number of carbonyl (C=O) groups is 2. The molecule has 0 aliphatic rings. The summed E-state index contributed by atoms with van der Waals surface area (Å²) in [6.45, 7) is 1.40. The number of nitrogens with one attached hydrogen (secondary N) is 1. The minimum Gasteiger partial charge on any atom is -0.454 e. The van der Waals surface area contributed by atoms with E-state index < -0.39 is 0 Å². The maximum atomic E-state index is 11.2. The fourth-order valence-electron chi connectivity index (χ4n) is 1.76. The third-order valence-electron chi connectivity index (χ3n) is 2.68. The molecule has 0 saturated heterocycles. The predicted molar refractivity (Wildman–Crippen MR) is 77.4 cm³/mol. The molecule has 0 unspecified atom stereocenters. The predicted octanol–water partition coefficient (Wildman–Crippen LogP) is 3.12. The van der Waals surface area contributed by atoms with Crippen LogP contribution >= 0.6 is 0 Å². The summed E-state index contributed by atoms with van der Waals surface area (Å²) < 4.78 is 5.68. The lowest BCUT2D eigenvalue weighted by Gasteiger charge is -2.12. The van der Waals surface area contributed by atoms with Crippen LogP contribution in [-0.2, 0) is 4.79 Å². The van der Waals surface area contributed by atoms with Gasteiger partial charge in [-0.15, -0.1) is 0 Å². The Balaban J connectivity index is 2.37. The van der Waals surface area contributed by atoms with Crippen molar-refractivity contribution in [2.24, 2.45) is 0 Å². The molecule has 0 aliphatic carbocycles. The SMILES string of the molecule is CC(=O)Nc1ccccc1Oc1ccc(C=O)cc1C#N. The minimum atomic E-state index is -0.220. The number of hydrogen-bond donors (Lipinski definition) is 1.